The largest absolute Gasteiger partial charge is 0.385 e. The second-order valence-electron chi connectivity index (χ2n) is 4.35. The quantitative estimate of drug-likeness (QED) is 0.702. The molecule has 0 radical (unpaired) electrons. The third-order valence-corrected chi connectivity index (χ3v) is 4.35. The molecule has 1 aliphatic heterocycles. The molecule has 1 heterocycles. The van der Waals surface area contributed by atoms with E-state index in [9.17, 15) is 8.42 Å². The van der Waals surface area contributed by atoms with Crippen LogP contribution in [-0.4, -0.2) is 46.1 Å². The van der Waals surface area contributed by atoms with Crippen molar-refractivity contribution in [2.45, 2.75) is 26.2 Å². The summed E-state index contributed by atoms with van der Waals surface area (Å²) in [6, 6.07) is 0. The molecular weight excluding hydrogens is 228 g/mol. The Morgan fingerprint density at radius 2 is 2.25 bits per heavy atom. The van der Waals surface area contributed by atoms with Crippen molar-refractivity contribution in [2.75, 3.05) is 33.4 Å². The van der Waals surface area contributed by atoms with Crippen molar-refractivity contribution in [1.29, 1.82) is 0 Å². The molecule has 1 atom stereocenters. The lowest BCUT2D eigenvalue weighted by Gasteiger charge is -2.29. The number of hydrogen-bond donors (Lipinski definition) is 1. The van der Waals surface area contributed by atoms with Crippen LogP contribution in [0.5, 0.6) is 0 Å². The average Bonchev–Trinajstić information content (AvgIpc) is 2.24. The van der Waals surface area contributed by atoms with E-state index in [1.54, 1.807) is 11.4 Å². The second-order valence-corrected chi connectivity index (χ2v) is 6.11. The number of methoxy groups -OCH3 is 1. The normalized spacial score (nSPS) is 23.5. The van der Waals surface area contributed by atoms with Crippen LogP contribution in [0.3, 0.4) is 0 Å². The van der Waals surface area contributed by atoms with Gasteiger partial charge in [0.2, 0.25) is 0 Å². The first kappa shape index (κ1) is 13.9. The van der Waals surface area contributed by atoms with E-state index in [-0.39, 0.29) is 0 Å². The van der Waals surface area contributed by atoms with Crippen LogP contribution in [-0.2, 0) is 14.9 Å². The fourth-order valence-electron chi connectivity index (χ4n) is 1.87. The molecule has 0 bridgehead atoms. The summed E-state index contributed by atoms with van der Waals surface area (Å²) in [4.78, 5) is 0. The van der Waals surface area contributed by atoms with Crippen LogP contribution in [0.1, 0.15) is 26.2 Å². The highest BCUT2D eigenvalue weighted by Crippen LogP contribution is 2.17. The van der Waals surface area contributed by atoms with Crippen molar-refractivity contribution in [2.24, 2.45) is 5.92 Å². The maximum absolute atomic E-state index is 11.9. The maximum atomic E-state index is 11.9. The standard InChI is InChI=1S/C10H22N2O3S/c1-10-5-3-7-12(9-10)16(13,14)11-6-4-8-15-2/h10-11H,3-9H2,1-2H3. The van der Waals surface area contributed by atoms with Crippen LogP contribution in [0.15, 0.2) is 0 Å². The van der Waals surface area contributed by atoms with Crippen LogP contribution in [0, 0.1) is 5.92 Å². The molecule has 0 aliphatic carbocycles. The third-order valence-electron chi connectivity index (χ3n) is 2.77. The molecule has 96 valence electrons. The van der Waals surface area contributed by atoms with Crippen LogP contribution in [0.4, 0.5) is 0 Å². The molecule has 6 heteroatoms. The predicted molar refractivity (Wildman–Crippen MR) is 63.4 cm³/mol. The van der Waals surface area contributed by atoms with Crippen molar-refractivity contribution in [1.82, 2.24) is 9.03 Å². The van der Waals surface area contributed by atoms with Crippen LogP contribution >= 0.6 is 0 Å². The minimum absolute atomic E-state index is 0.445. The summed E-state index contributed by atoms with van der Waals surface area (Å²) in [6.07, 6.45) is 2.79. The molecule has 5 nitrogen and oxygen atoms in total. The van der Waals surface area contributed by atoms with E-state index >= 15 is 0 Å². The zero-order chi connectivity index (χ0) is 12.0. The molecule has 0 aromatic rings. The van der Waals surface area contributed by atoms with Gasteiger partial charge in [-0.2, -0.15) is 12.7 Å². The molecule has 0 saturated carbocycles. The van der Waals surface area contributed by atoms with E-state index < -0.39 is 10.2 Å². The van der Waals surface area contributed by atoms with Crippen molar-refractivity contribution >= 4 is 10.2 Å². The van der Waals surface area contributed by atoms with Gasteiger partial charge in [-0.1, -0.05) is 6.92 Å². The molecule has 1 unspecified atom stereocenters. The van der Waals surface area contributed by atoms with Crippen LogP contribution < -0.4 is 4.72 Å². The van der Waals surface area contributed by atoms with Crippen LogP contribution in [0.25, 0.3) is 0 Å². The molecule has 0 spiro atoms. The minimum Gasteiger partial charge on any atom is -0.385 e. The van der Waals surface area contributed by atoms with Gasteiger partial charge >= 0.3 is 0 Å². The van der Waals surface area contributed by atoms with Crippen molar-refractivity contribution in [3.05, 3.63) is 0 Å². The molecule has 0 aromatic carbocycles. The van der Waals surface area contributed by atoms with Gasteiger partial charge in [0, 0.05) is 33.4 Å². The van der Waals surface area contributed by atoms with Gasteiger partial charge < -0.3 is 4.74 Å². The predicted octanol–water partition coefficient (Wildman–Crippen LogP) is 0.589. The number of piperidine rings is 1. The minimum atomic E-state index is -3.27. The molecule has 1 rings (SSSR count). The van der Waals surface area contributed by atoms with Gasteiger partial charge in [-0.15, -0.1) is 0 Å². The first-order valence-corrected chi connectivity index (χ1v) is 7.24. The van der Waals surface area contributed by atoms with E-state index in [1.807, 2.05) is 0 Å². The lowest BCUT2D eigenvalue weighted by molar-refractivity contribution is 0.195. The molecule has 1 N–H and O–H groups in total. The molecule has 1 fully saturated rings. The molecule has 1 saturated heterocycles. The fourth-order valence-corrected chi connectivity index (χ4v) is 3.28. The summed E-state index contributed by atoms with van der Waals surface area (Å²) in [6.45, 7) is 4.40. The Kier molecular flexibility index (Phi) is 5.68. The topological polar surface area (TPSA) is 58.6 Å². The van der Waals surface area contributed by atoms with E-state index in [0.29, 0.717) is 38.6 Å². The SMILES string of the molecule is COCCCNS(=O)(=O)N1CCCC(C)C1. The monoisotopic (exact) mass is 250 g/mol. The van der Waals surface area contributed by atoms with Gasteiger partial charge in [0.25, 0.3) is 10.2 Å². The second kappa shape index (κ2) is 6.54. The van der Waals surface area contributed by atoms with Crippen molar-refractivity contribution < 1.29 is 13.2 Å². The van der Waals surface area contributed by atoms with Crippen molar-refractivity contribution in [3.63, 3.8) is 0 Å². The Labute approximate surface area is 98.3 Å². The van der Waals surface area contributed by atoms with Gasteiger partial charge in [-0.3, -0.25) is 0 Å². The first-order valence-electron chi connectivity index (χ1n) is 5.80. The maximum Gasteiger partial charge on any atom is 0.279 e. The van der Waals surface area contributed by atoms with Gasteiger partial charge in [-0.05, 0) is 25.2 Å². The highest BCUT2D eigenvalue weighted by Gasteiger charge is 2.26. The summed E-state index contributed by atoms with van der Waals surface area (Å²) >= 11 is 0. The summed E-state index contributed by atoms with van der Waals surface area (Å²) in [5, 5.41) is 0. The van der Waals surface area contributed by atoms with E-state index in [4.69, 9.17) is 4.74 Å². The molecule has 1 aliphatic rings. The number of ether oxygens (including phenoxy) is 1. The molecule has 0 amide bonds. The van der Waals surface area contributed by atoms with E-state index in [1.165, 1.54) is 0 Å². The molecule has 16 heavy (non-hydrogen) atoms. The van der Waals surface area contributed by atoms with Crippen molar-refractivity contribution in [3.8, 4) is 0 Å². The summed E-state index contributed by atoms with van der Waals surface area (Å²) in [7, 11) is -1.66. The Bertz CT molecular complexity index is 292. The van der Waals surface area contributed by atoms with Crippen LogP contribution in [0.2, 0.25) is 0 Å². The zero-order valence-electron chi connectivity index (χ0n) is 10.1. The Morgan fingerprint density at radius 1 is 1.50 bits per heavy atom. The highest BCUT2D eigenvalue weighted by atomic mass is 32.2. The van der Waals surface area contributed by atoms with E-state index in [0.717, 1.165) is 12.8 Å². The Morgan fingerprint density at radius 3 is 2.88 bits per heavy atom. The van der Waals surface area contributed by atoms with Gasteiger partial charge in [0.05, 0.1) is 0 Å². The highest BCUT2D eigenvalue weighted by molar-refractivity contribution is 7.87. The first-order chi connectivity index (χ1) is 7.56. The molecule has 0 aromatic heterocycles. The number of rotatable bonds is 6. The Balaban J connectivity index is 2.37. The zero-order valence-corrected chi connectivity index (χ0v) is 10.9. The number of nitrogens with zero attached hydrogens (tertiary/aromatic N) is 1. The number of hydrogen-bond acceptors (Lipinski definition) is 3. The van der Waals surface area contributed by atoms with Gasteiger partial charge in [-0.25, -0.2) is 4.72 Å². The van der Waals surface area contributed by atoms with Gasteiger partial charge in [0.1, 0.15) is 0 Å². The lowest BCUT2D eigenvalue weighted by Crippen LogP contribution is -2.45. The fraction of sp³-hybridized carbons (Fsp3) is 1.00. The van der Waals surface area contributed by atoms with Gasteiger partial charge in [0.15, 0.2) is 0 Å². The Hall–Kier alpha value is -0.170. The molecular formula is C10H22N2O3S. The summed E-state index contributed by atoms with van der Waals surface area (Å²) in [5.41, 5.74) is 0. The lowest BCUT2D eigenvalue weighted by atomic mass is 10.0. The summed E-state index contributed by atoms with van der Waals surface area (Å²) in [5.74, 6) is 0.462. The third kappa shape index (κ3) is 4.37. The average molecular weight is 250 g/mol. The van der Waals surface area contributed by atoms with E-state index in [2.05, 4.69) is 11.6 Å². The summed E-state index contributed by atoms with van der Waals surface area (Å²) < 4.78 is 32.8. The number of nitrogens with one attached hydrogen (secondary N) is 1. The smallest absolute Gasteiger partial charge is 0.279 e.